The third kappa shape index (κ3) is 9.39. The van der Waals surface area contributed by atoms with Gasteiger partial charge in [0.25, 0.3) is 0 Å². The Labute approximate surface area is 132 Å². The highest BCUT2D eigenvalue weighted by atomic mass is 16.6. The van der Waals surface area contributed by atoms with Crippen LogP contribution in [-0.2, 0) is 14.3 Å². The van der Waals surface area contributed by atoms with Crippen molar-refractivity contribution in [2.45, 2.75) is 51.0 Å². The lowest BCUT2D eigenvalue weighted by molar-refractivity contribution is -0.121. The zero-order valence-corrected chi connectivity index (χ0v) is 13.4. The number of hydrogen-bond donors (Lipinski definition) is 2. The van der Waals surface area contributed by atoms with Crippen molar-refractivity contribution in [3.05, 3.63) is 12.2 Å². The Morgan fingerprint density at radius 3 is 2.73 bits per heavy atom. The van der Waals surface area contributed by atoms with Crippen molar-refractivity contribution in [1.29, 1.82) is 0 Å². The summed E-state index contributed by atoms with van der Waals surface area (Å²) in [6, 6.07) is 0. The molecule has 0 fully saturated rings. The monoisotopic (exact) mass is 312 g/mol. The Morgan fingerprint density at radius 1 is 1.14 bits per heavy atom. The van der Waals surface area contributed by atoms with Crippen LogP contribution >= 0.6 is 0 Å². The maximum atomic E-state index is 11.7. The molecule has 0 spiro atoms. The van der Waals surface area contributed by atoms with Crippen molar-refractivity contribution in [2.24, 2.45) is 0 Å². The van der Waals surface area contributed by atoms with Gasteiger partial charge in [0.1, 0.15) is 6.10 Å². The molecule has 1 aliphatic carbocycles. The van der Waals surface area contributed by atoms with Crippen molar-refractivity contribution in [2.75, 3.05) is 26.8 Å². The summed E-state index contributed by atoms with van der Waals surface area (Å²) in [5, 5.41) is 5.50. The van der Waals surface area contributed by atoms with Gasteiger partial charge in [-0.15, -0.1) is 0 Å². The number of amides is 2. The normalized spacial score (nSPS) is 19.6. The van der Waals surface area contributed by atoms with Gasteiger partial charge in [0.05, 0.1) is 6.61 Å². The van der Waals surface area contributed by atoms with Crippen LogP contribution in [0, 0.1) is 0 Å². The smallest absolute Gasteiger partial charge is 0.407 e. The summed E-state index contributed by atoms with van der Waals surface area (Å²) in [4.78, 5) is 23.0. The molecule has 1 rings (SSSR count). The van der Waals surface area contributed by atoms with Gasteiger partial charge in [-0.2, -0.15) is 0 Å². The van der Waals surface area contributed by atoms with Crippen LogP contribution in [0.3, 0.4) is 0 Å². The van der Waals surface area contributed by atoms with Crippen LogP contribution in [0.5, 0.6) is 0 Å². The highest BCUT2D eigenvalue weighted by Gasteiger charge is 2.14. The SMILES string of the molecule is COCCC(=O)NCCCNC(=O)OC1CC/C=C/CCC1. The fourth-order valence-electron chi connectivity index (χ4n) is 2.23. The van der Waals surface area contributed by atoms with E-state index in [0.29, 0.717) is 32.5 Å². The summed E-state index contributed by atoms with van der Waals surface area (Å²) < 4.78 is 10.2. The maximum Gasteiger partial charge on any atom is 0.407 e. The number of methoxy groups -OCH3 is 1. The minimum Gasteiger partial charge on any atom is -0.446 e. The average Bonchev–Trinajstić information content (AvgIpc) is 2.47. The number of hydrogen-bond acceptors (Lipinski definition) is 4. The lowest BCUT2D eigenvalue weighted by Gasteiger charge is -2.18. The molecule has 0 aromatic carbocycles. The van der Waals surface area contributed by atoms with Crippen LogP contribution in [-0.4, -0.2) is 44.9 Å². The lowest BCUT2D eigenvalue weighted by Crippen LogP contribution is -2.32. The summed E-state index contributed by atoms with van der Waals surface area (Å²) in [5.41, 5.74) is 0. The molecule has 0 saturated carbocycles. The number of rotatable bonds is 8. The minimum absolute atomic E-state index is 0.0127. The van der Waals surface area contributed by atoms with Crippen molar-refractivity contribution in [1.82, 2.24) is 10.6 Å². The Morgan fingerprint density at radius 2 is 1.91 bits per heavy atom. The van der Waals surface area contributed by atoms with Crippen LogP contribution in [0.2, 0.25) is 0 Å². The number of carbonyl (C=O) groups excluding carboxylic acids is 2. The summed E-state index contributed by atoms with van der Waals surface area (Å²) in [5.74, 6) is -0.0352. The van der Waals surface area contributed by atoms with Gasteiger partial charge in [-0.3, -0.25) is 4.79 Å². The predicted octanol–water partition coefficient (Wildman–Crippen LogP) is 2.14. The quantitative estimate of drug-likeness (QED) is 0.532. The summed E-state index contributed by atoms with van der Waals surface area (Å²) >= 11 is 0. The Balaban J connectivity index is 2.03. The van der Waals surface area contributed by atoms with E-state index in [1.54, 1.807) is 7.11 Å². The molecule has 0 saturated heterocycles. The number of ether oxygens (including phenoxy) is 2. The summed E-state index contributed by atoms with van der Waals surface area (Å²) in [7, 11) is 1.56. The van der Waals surface area contributed by atoms with Crippen LogP contribution in [0.25, 0.3) is 0 Å². The van der Waals surface area contributed by atoms with E-state index in [9.17, 15) is 9.59 Å². The van der Waals surface area contributed by atoms with Crippen molar-refractivity contribution in [3.63, 3.8) is 0 Å². The van der Waals surface area contributed by atoms with E-state index in [1.807, 2.05) is 0 Å². The molecule has 126 valence electrons. The third-order valence-corrected chi connectivity index (χ3v) is 3.47. The Hall–Kier alpha value is -1.56. The molecular formula is C16H28N2O4. The molecule has 2 N–H and O–H groups in total. The molecule has 6 nitrogen and oxygen atoms in total. The number of allylic oxidation sites excluding steroid dienone is 2. The van der Waals surface area contributed by atoms with Crippen molar-refractivity contribution in [3.8, 4) is 0 Å². The second-order valence-corrected chi connectivity index (χ2v) is 5.38. The molecular weight excluding hydrogens is 284 g/mol. The van der Waals surface area contributed by atoms with Crippen molar-refractivity contribution < 1.29 is 19.1 Å². The predicted molar refractivity (Wildman–Crippen MR) is 84.6 cm³/mol. The molecule has 2 amide bonds. The van der Waals surface area contributed by atoms with Gasteiger partial charge in [0.15, 0.2) is 0 Å². The van der Waals surface area contributed by atoms with E-state index in [1.165, 1.54) is 0 Å². The van der Waals surface area contributed by atoms with Crippen LogP contribution in [0.1, 0.15) is 44.9 Å². The van der Waals surface area contributed by atoms with Gasteiger partial charge in [-0.05, 0) is 38.5 Å². The topological polar surface area (TPSA) is 76.7 Å². The third-order valence-electron chi connectivity index (χ3n) is 3.47. The van der Waals surface area contributed by atoms with E-state index < -0.39 is 0 Å². The van der Waals surface area contributed by atoms with Gasteiger partial charge in [0.2, 0.25) is 5.91 Å². The lowest BCUT2D eigenvalue weighted by atomic mass is 10.0. The highest BCUT2D eigenvalue weighted by Crippen LogP contribution is 2.15. The number of nitrogens with one attached hydrogen (secondary N) is 2. The van der Waals surface area contributed by atoms with Gasteiger partial charge in [-0.1, -0.05) is 12.2 Å². The summed E-state index contributed by atoms with van der Waals surface area (Å²) in [6.07, 6.45) is 9.93. The molecule has 1 unspecified atom stereocenters. The molecule has 6 heteroatoms. The fourth-order valence-corrected chi connectivity index (χ4v) is 2.23. The van der Waals surface area contributed by atoms with E-state index in [2.05, 4.69) is 22.8 Å². The average molecular weight is 312 g/mol. The van der Waals surface area contributed by atoms with E-state index in [-0.39, 0.29) is 18.1 Å². The van der Waals surface area contributed by atoms with Crippen molar-refractivity contribution >= 4 is 12.0 Å². The summed E-state index contributed by atoms with van der Waals surface area (Å²) in [6.45, 7) is 1.46. The molecule has 0 aliphatic heterocycles. The first-order valence-electron chi connectivity index (χ1n) is 8.07. The van der Waals surface area contributed by atoms with E-state index >= 15 is 0 Å². The molecule has 0 heterocycles. The molecule has 1 atom stereocenters. The largest absolute Gasteiger partial charge is 0.446 e. The first-order valence-corrected chi connectivity index (χ1v) is 8.07. The van der Waals surface area contributed by atoms with Crippen LogP contribution in [0.4, 0.5) is 4.79 Å². The number of carbonyl (C=O) groups is 2. The van der Waals surface area contributed by atoms with Gasteiger partial charge in [-0.25, -0.2) is 4.79 Å². The van der Waals surface area contributed by atoms with Crippen LogP contribution < -0.4 is 10.6 Å². The van der Waals surface area contributed by atoms with Gasteiger partial charge >= 0.3 is 6.09 Å². The Kier molecular flexibility index (Phi) is 10.1. The fraction of sp³-hybridized carbons (Fsp3) is 0.750. The van der Waals surface area contributed by atoms with Gasteiger partial charge < -0.3 is 20.1 Å². The zero-order valence-electron chi connectivity index (χ0n) is 13.4. The maximum absolute atomic E-state index is 11.7. The number of alkyl carbamates (subject to hydrolysis) is 1. The second kappa shape index (κ2) is 12.0. The molecule has 0 bridgehead atoms. The Bertz CT molecular complexity index is 358. The second-order valence-electron chi connectivity index (χ2n) is 5.38. The molecule has 1 aliphatic rings. The molecule has 0 radical (unpaired) electrons. The van der Waals surface area contributed by atoms with E-state index in [4.69, 9.17) is 9.47 Å². The minimum atomic E-state index is -0.361. The standard InChI is InChI=1S/C16H28N2O4/c1-21-13-10-15(19)17-11-7-12-18-16(20)22-14-8-5-3-2-4-6-9-14/h2-3,14H,4-13H2,1H3,(H,17,19)(H,18,20)/b3-2+. The van der Waals surface area contributed by atoms with Crippen LogP contribution in [0.15, 0.2) is 12.2 Å². The highest BCUT2D eigenvalue weighted by molar-refractivity contribution is 5.75. The first kappa shape index (κ1) is 18.5. The van der Waals surface area contributed by atoms with E-state index in [0.717, 1.165) is 32.1 Å². The molecule has 0 aromatic rings. The molecule has 22 heavy (non-hydrogen) atoms. The first-order chi connectivity index (χ1) is 10.7. The van der Waals surface area contributed by atoms with Gasteiger partial charge in [0, 0.05) is 26.6 Å². The zero-order chi connectivity index (χ0) is 16.0. The molecule has 0 aromatic heterocycles.